The Morgan fingerprint density at radius 1 is 1.45 bits per heavy atom. The summed E-state index contributed by atoms with van der Waals surface area (Å²) in [6.07, 6.45) is 2.71. The predicted molar refractivity (Wildman–Crippen MR) is 76.0 cm³/mol. The zero-order chi connectivity index (χ0) is 15.3. The summed E-state index contributed by atoms with van der Waals surface area (Å²) in [5.41, 5.74) is 1.67. The van der Waals surface area contributed by atoms with Crippen LogP contribution in [0.25, 0.3) is 0 Å². The first-order chi connectivity index (χ1) is 9.49. The van der Waals surface area contributed by atoms with E-state index in [2.05, 4.69) is 6.19 Å². The van der Waals surface area contributed by atoms with Gasteiger partial charge in [0.25, 0.3) is 0 Å². The number of hydrogen-bond donors (Lipinski definition) is 1. The van der Waals surface area contributed by atoms with Gasteiger partial charge >= 0.3 is 0 Å². The number of amides is 1. The molecular formula is C14H19N3O3. The molecule has 0 unspecified atom stereocenters. The van der Waals surface area contributed by atoms with Crippen LogP contribution in [0.1, 0.15) is 26.3 Å². The SMILES string of the molecule is CCc1cc(N(O)C(C)=O)cc(N(C#N)CC)c1OC. The summed E-state index contributed by atoms with van der Waals surface area (Å²) < 4.78 is 5.37. The summed E-state index contributed by atoms with van der Waals surface area (Å²) in [5, 5.41) is 19.5. The van der Waals surface area contributed by atoms with Crippen molar-refractivity contribution < 1.29 is 14.7 Å². The maximum atomic E-state index is 11.3. The molecule has 6 nitrogen and oxygen atoms in total. The fourth-order valence-electron chi connectivity index (χ4n) is 1.95. The molecule has 0 atom stereocenters. The molecule has 0 aliphatic rings. The molecule has 1 rings (SSSR count). The molecule has 0 spiro atoms. The third-order valence-corrected chi connectivity index (χ3v) is 2.99. The topological polar surface area (TPSA) is 76.8 Å². The van der Waals surface area contributed by atoms with Crippen LogP contribution in [0.3, 0.4) is 0 Å². The maximum Gasteiger partial charge on any atom is 0.247 e. The quantitative estimate of drug-likeness (QED) is 0.387. The van der Waals surface area contributed by atoms with Crippen molar-refractivity contribution in [3.8, 4) is 11.9 Å². The van der Waals surface area contributed by atoms with E-state index < -0.39 is 5.91 Å². The third kappa shape index (κ3) is 3.00. The molecule has 1 aromatic carbocycles. The average molecular weight is 277 g/mol. The summed E-state index contributed by atoms with van der Waals surface area (Å²) in [7, 11) is 1.53. The van der Waals surface area contributed by atoms with Crippen molar-refractivity contribution in [2.24, 2.45) is 0 Å². The van der Waals surface area contributed by atoms with Crippen molar-refractivity contribution in [3.05, 3.63) is 17.7 Å². The highest BCUT2D eigenvalue weighted by atomic mass is 16.5. The fourth-order valence-corrected chi connectivity index (χ4v) is 1.95. The summed E-state index contributed by atoms with van der Waals surface area (Å²) in [5.74, 6) is 0.0831. The lowest BCUT2D eigenvalue weighted by molar-refractivity contribution is -0.121. The first kappa shape index (κ1) is 15.8. The van der Waals surface area contributed by atoms with Gasteiger partial charge in [0.1, 0.15) is 5.75 Å². The minimum absolute atomic E-state index is 0.318. The first-order valence-electron chi connectivity index (χ1n) is 6.37. The second-order valence-corrected chi connectivity index (χ2v) is 4.19. The van der Waals surface area contributed by atoms with Gasteiger partial charge in [0.2, 0.25) is 5.91 Å². The van der Waals surface area contributed by atoms with Gasteiger partial charge in [-0.3, -0.25) is 14.9 Å². The lowest BCUT2D eigenvalue weighted by atomic mass is 10.1. The molecule has 20 heavy (non-hydrogen) atoms. The summed E-state index contributed by atoms with van der Waals surface area (Å²) in [6, 6.07) is 3.24. The summed E-state index contributed by atoms with van der Waals surface area (Å²) in [4.78, 5) is 12.7. The number of nitriles is 1. The fraction of sp³-hybridized carbons (Fsp3) is 0.429. The first-order valence-corrected chi connectivity index (χ1v) is 6.37. The zero-order valence-electron chi connectivity index (χ0n) is 12.2. The number of hydrogen-bond acceptors (Lipinski definition) is 5. The van der Waals surface area contributed by atoms with Crippen molar-refractivity contribution in [1.82, 2.24) is 0 Å². The number of rotatable bonds is 5. The van der Waals surface area contributed by atoms with Gasteiger partial charge in [-0.05, 0) is 31.0 Å². The van der Waals surface area contributed by atoms with Gasteiger partial charge < -0.3 is 4.74 Å². The van der Waals surface area contributed by atoms with Crippen LogP contribution < -0.4 is 14.7 Å². The molecule has 0 aromatic heterocycles. The molecule has 6 heteroatoms. The smallest absolute Gasteiger partial charge is 0.247 e. The molecule has 0 heterocycles. The number of nitrogens with zero attached hydrogens (tertiary/aromatic N) is 3. The summed E-state index contributed by atoms with van der Waals surface area (Å²) >= 11 is 0. The van der Waals surface area contributed by atoms with Gasteiger partial charge in [-0.1, -0.05) is 6.92 Å². The number of carbonyl (C=O) groups excluding carboxylic acids is 1. The van der Waals surface area contributed by atoms with E-state index in [-0.39, 0.29) is 0 Å². The Hall–Kier alpha value is -2.26. The van der Waals surface area contributed by atoms with Crippen LogP contribution in [0.15, 0.2) is 12.1 Å². The molecule has 1 amide bonds. The van der Waals surface area contributed by atoms with Gasteiger partial charge in [0, 0.05) is 13.5 Å². The van der Waals surface area contributed by atoms with Crippen molar-refractivity contribution in [1.29, 1.82) is 5.26 Å². The van der Waals surface area contributed by atoms with Crippen LogP contribution in [-0.4, -0.2) is 24.8 Å². The lowest BCUT2D eigenvalue weighted by Crippen LogP contribution is -2.25. The minimum atomic E-state index is -0.497. The molecule has 0 bridgehead atoms. The number of carbonyl (C=O) groups is 1. The van der Waals surface area contributed by atoms with E-state index in [0.717, 1.165) is 5.56 Å². The van der Waals surface area contributed by atoms with Crippen molar-refractivity contribution in [3.63, 3.8) is 0 Å². The van der Waals surface area contributed by atoms with Crippen LogP contribution in [0.4, 0.5) is 11.4 Å². The summed E-state index contributed by atoms with van der Waals surface area (Å²) in [6.45, 7) is 5.49. The highest BCUT2D eigenvalue weighted by molar-refractivity contribution is 5.90. The molecule has 1 N–H and O–H groups in total. The Bertz CT molecular complexity index is 537. The highest BCUT2D eigenvalue weighted by Crippen LogP contribution is 2.36. The Morgan fingerprint density at radius 3 is 2.50 bits per heavy atom. The lowest BCUT2D eigenvalue weighted by Gasteiger charge is -2.22. The third-order valence-electron chi connectivity index (χ3n) is 2.99. The predicted octanol–water partition coefficient (Wildman–Crippen LogP) is 2.31. The average Bonchev–Trinajstić information content (AvgIpc) is 2.46. The van der Waals surface area contributed by atoms with Crippen LogP contribution in [-0.2, 0) is 11.2 Å². The number of aryl methyl sites for hydroxylation is 1. The number of hydroxylamine groups is 1. The van der Waals surface area contributed by atoms with Crippen LogP contribution >= 0.6 is 0 Å². The van der Waals surface area contributed by atoms with E-state index in [4.69, 9.17) is 4.74 Å². The van der Waals surface area contributed by atoms with E-state index >= 15 is 0 Å². The van der Waals surface area contributed by atoms with Crippen molar-refractivity contribution in [2.75, 3.05) is 23.6 Å². The highest BCUT2D eigenvalue weighted by Gasteiger charge is 2.19. The van der Waals surface area contributed by atoms with Crippen molar-refractivity contribution in [2.45, 2.75) is 27.2 Å². The number of anilines is 2. The zero-order valence-corrected chi connectivity index (χ0v) is 12.2. The molecule has 0 aliphatic heterocycles. The molecular weight excluding hydrogens is 258 g/mol. The monoisotopic (exact) mass is 277 g/mol. The van der Waals surface area contributed by atoms with Crippen LogP contribution in [0.2, 0.25) is 0 Å². The van der Waals surface area contributed by atoms with E-state index in [1.165, 1.54) is 18.9 Å². The van der Waals surface area contributed by atoms with Gasteiger partial charge in [-0.2, -0.15) is 10.3 Å². The van der Waals surface area contributed by atoms with Gasteiger partial charge in [-0.15, -0.1) is 0 Å². The molecule has 108 valence electrons. The second kappa shape index (κ2) is 6.78. The number of methoxy groups -OCH3 is 1. The van der Waals surface area contributed by atoms with E-state index in [9.17, 15) is 15.3 Å². The van der Waals surface area contributed by atoms with Crippen LogP contribution in [0, 0.1) is 11.5 Å². The molecule has 1 aromatic rings. The van der Waals surface area contributed by atoms with Crippen LogP contribution in [0.5, 0.6) is 5.75 Å². The number of ether oxygens (including phenoxy) is 1. The molecule has 0 aliphatic carbocycles. The van der Waals surface area contributed by atoms with Crippen molar-refractivity contribution >= 4 is 17.3 Å². The molecule has 0 saturated carbocycles. The second-order valence-electron chi connectivity index (χ2n) is 4.19. The Balaban J connectivity index is 3.50. The van der Waals surface area contributed by atoms with E-state index in [1.807, 2.05) is 13.8 Å². The molecule has 0 saturated heterocycles. The Labute approximate surface area is 118 Å². The largest absolute Gasteiger partial charge is 0.494 e. The standard InChI is InChI=1S/C14H19N3O3/c1-5-11-7-12(17(19)10(3)18)8-13(14(11)20-4)16(6-2)9-15/h7-8,19H,5-6H2,1-4H3. The maximum absolute atomic E-state index is 11.3. The minimum Gasteiger partial charge on any atom is -0.494 e. The van der Waals surface area contributed by atoms with Gasteiger partial charge in [0.15, 0.2) is 6.19 Å². The van der Waals surface area contributed by atoms with Gasteiger partial charge in [0.05, 0.1) is 18.5 Å². The molecule has 0 fully saturated rings. The Morgan fingerprint density at radius 2 is 2.10 bits per heavy atom. The number of benzene rings is 1. The normalized spacial score (nSPS) is 9.80. The van der Waals surface area contributed by atoms with E-state index in [0.29, 0.717) is 35.2 Å². The molecule has 0 radical (unpaired) electrons. The van der Waals surface area contributed by atoms with E-state index in [1.54, 1.807) is 12.1 Å². The van der Waals surface area contributed by atoms with Gasteiger partial charge in [-0.25, -0.2) is 0 Å². The Kier molecular flexibility index (Phi) is 5.35.